The van der Waals surface area contributed by atoms with Crippen LogP contribution in [0.2, 0.25) is 0 Å². The molecule has 2 rings (SSSR count). The smallest absolute Gasteiger partial charge is 0.0340 e. The van der Waals surface area contributed by atoms with Gasteiger partial charge in [-0.15, -0.1) is 11.3 Å². The summed E-state index contributed by atoms with van der Waals surface area (Å²) in [6, 6.07) is 15.3. The normalized spacial score (nSPS) is 12.6. The minimum Gasteiger partial charge on any atom is -0.384 e. The number of likely N-dealkylation sites (N-methyl/N-ethyl adjacent to an activating group) is 1. The first-order valence-electron chi connectivity index (χ1n) is 6.77. The molecule has 3 heteroatoms. The average Bonchev–Trinajstić information content (AvgIpc) is 2.92. The van der Waals surface area contributed by atoms with Crippen molar-refractivity contribution in [2.75, 3.05) is 25.5 Å². The summed E-state index contributed by atoms with van der Waals surface area (Å²) in [6.45, 7) is 4.33. The standard InChI is InChI=1S/C16H22N2S/c1-14(13-16-9-6-12-19-16)18(2)11-10-17-15-7-4-3-5-8-15/h3-9,12,14,17H,10-11,13H2,1-2H3. The van der Waals surface area contributed by atoms with Gasteiger partial charge < -0.3 is 10.2 Å². The zero-order valence-electron chi connectivity index (χ0n) is 11.7. The average molecular weight is 274 g/mol. The van der Waals surface area contributed by atoms with Gasteiger partial charge in [0.25, 0.3) is 0 Å². The van der Waals surface area contributed by atoms with E-state index in [0.717, 1.165) is 19.5 Å². The molecule has 0 saturated carbocycles. The van der Waals surface area contributed by atoms with Gasteiger partial charge in [0.15, 0.2) is 0 Å². The second-order valence-electron chi connectivity index (χ2n) is 4.91. The van der Waals surface area contributed by atoms with Crippen LogP contribution in [0.15, 0.2) is 47.8 Å². The molecular weight excluding hydrogens is 252 g/mol. The highest BCUT2D eigenvalue weighted by Gasteiger charge is 2.09. The summed E-state index contributed by atoms with van der Waals surface area (Å²) in [4.78, 5) is 3.88. The number of para-hydroxylation sites is 1. The van der Waals surface area contributed by atoms with Gasteiger partial charge in [-0.25, -0.2) is 0 Å². The van der Waals surface area contributed by atoms with Crippen LogP contribution in [0.1, 0.15) is 11.8 Å². The lowest BCUT2D eigenvalue weighted by molar-refractivity contribution is 0.267. The van der Waals surface area contributed by atoms with Crippen molar-refractivity contribution in [2.24, 2.45) is 0 Å². The van der Waals surface area contributed by atoms with E-state index >= 15 is 0 Å². The van der Waals surface area contributed by atoms with E-state index in [1.54, 1.807) is 0 Å². The van der Waals surface area contributed by atoms with E-state index in [-0.39, 0.29) is 0 Å². The molecule has 102 valence electrons. The Hall–Kier alpha value is -1.32. The van der Waals surface area contributed by atoms with Crippen LogP contribution in [-0.4, -0.2) is 31.1 Å². The summed E-state index contributed by atoms with van der Waals surface area (Å²) in [7, 11) is 2.20. The summed E-state index contributed by atoms with van der Waals surface area (Å²) < 4.78 is 0. The van der Waals surface area contributed by atoms with E-state index < -0.39 is 0 Å². The predicted molar refractivity (Wildman–Crippen MR) is 85.0 cm³/mol. The van der Waals surface area contributed by atoms with Crippen molar-refractivity contribution >= 4 is 17.0 Å². The van der Waals surface area contributed by atoms with Crippen LogP contribution in [0.5, 0.6) is 0 Å². The van der Waals surface area contributed by atoms with Crippen molar-refractivity contribution in [3.05, 3.63) is 52.7 Å². The van der Waals surface area contributed by atoms with Crippen molar-refractivity contribution in [1.82, 2.24) is 4.90 Å². The monoisotopic (exact) mass is 274 g/mol. The maximum Gasteiger partial charge on any atom is 0.0340 e. The molecule has 1 aromatic carbocycles. The Morgan fingerprint density at radius 2 is 1.95 bits per heavy atom. The molecule has 0 saturated heterocycles. The molecule has 0 amide bonds. The number of hydrogen-bond donors (Lipinski definition) is 1. The minimum atomic E-state index is 0.580. The molecule has 1 heterocycles. The van der Waals surface area contributed by atoms with Crippen molar-refractivity contribution in [3.8, 4) is 0 Å². The molecular formula is C16H22N2S. The van der Waals surface area contributed by atoms with Crippen LogP contribution in [0.25, 0.3) is 0 Å². The largest absolute Gasteiger partial charge is 0.384 e. The van der Waals surface area contributed by atoms with Crippen molar-refractivity contribution < 1.29 is 0 Å². The van der Waals surface area contributed by atoms with E-state index in [1.165, 1.54) is 10.6 Å². The van der Waals surface area contributed by atoms with Crippen LogP contribution in [-0.2, 0) is 6.42 Å². The third-order valence-corrected chi connectivity index (χ3v) is 4.30. The summed E-state index contributed by atoms with van der Waals surface area (Å²) in [6.07, 6.45) is 1.14. The van der Waals surface area contributed by atoms with Crippen molar-refractivity contribution in [2.45, 2.75) is 19.4 Å². The Balaban J connectivity index is 1.70. The number of nitrogens with zero attached hydrogens (tertiary/aromatic N) is 1. The number of hydrogen-bond acceptors (Lipinski definition) is 3. The molecule has 0 spiro atoms. The van der Waals surface area contributed by atoms with Crippen molar-refractivity contribution in [3.63, 3.8) is 0 Å². The van der Waals surface area contributed by atoms with Gasteiger partial charge in [-0.1, -0.05) is 24.3 Å². The molecule has 0 aliphatic heterocycles. The SMILES string of the molecule is CC(Cc1cccs1)N(C)CCNc1ccccc1. The maximum absolute atomic E-state index is 3.45. The Bertz CT molecular complexity index is 453. The Kier molecular flexibility index (Phi) is 5.43. The zero-order valence-corrected chi connectivity index (χ0v) is 12.5. The first-order valence-corrected chi connectivity index (χ1v) is 7.65. The van der Waals surface area contributed by atoms with Gasteiger partial charge in [-0.05, 0) is 44.0 Å². The van der Waals surface area contributed by atoms with Crippen molar-refractivity contribution in [1.29, 1.82) is 0 Å². The number of thiophene rings is 1. The lowest BCUT2D eigenvalue weighted by atomic mass is 10.2. The Morgan fingerprint density at radius 1 is 1.16 bits per heavy atom. The number of nitrogens with one attached hydrogen (secondary N) is 1. The number of rotatable bonds is 7. The minimum absolute atomic E-state index is 0.580. The third kappa shape index (κ3) is 4.69. The highest BCUT2D eigenvalue weighted by molar-refractivity contribution is 7.09. The first-order chi connectivity index (χ1) is 9.25. The molecule has 1 unspecified atom stereocenters. The summed E-state index contributed by atoms with van der Waals surface area (Å²) in [5, 5.41) is 5.60. The van der Waals surface area contributed by atoms with E-state index in [1.807, 2.05) is 17.4 Å². The third-order valence-electron chi connectivity index (χ3n) is 3.40. The Labute approximate surface area is 120 Å². The van der Waals surface area contributed by atoms with Crippen LogP contribution < -0.4 is 5.32 Å². The number of anilines is 1. The van der Waals surface area contributed by atoms with Crippen LogP contribution in [0.3, 0.4) is 0 Å². The second-order valence-corrected chi connectivity index (χ2v) is 5.94. The van der Waals surface area contributed by atoms with Crippen LogP contribution >= 0.6 is 11.3 Å². The predicted octanol–water partition coefficient (Wildman–Crippen LogP) is 3.72. The fourth-order valence-corrected chi connectivity index (χ4v) is 2.86. The van der Waals surface area contributed by atoms with E-state index in [0.29, 0.717) is 6.04 Å². The maximum atomic E-state index is 3.45. The first kappa shape index (κ1) is 14.1. The highest BCUT2D eigenvalue weighted by Crippen LogP contribution is 2.13. The van der Waals surface area contributed by atoms with Crippen LogP contribution in [0.4, 0.5) is 5.69 Å². The molecule has 2 nitrogen and oxygen atoms in total. The van der Waals surface area contributed by atoms with E-state index in [9.17, 15) is 0 Å². The lowest BCUT2D eigenvalue weighted by Gasteiger charge is -2.24. The van der Waals surface area contributed by atoms with Gasteiger partial charge in [0, 0.05) is 29.7 Å². The molecule has 1 N–H and O–H groups in total. The quantitative estimate of drug-likeness (QED) is 0.827. The molecule has 19 heavy (non-hydrogen) atoms. The number of benzene rings is 1. The van der Waals surface area contributed by atoms with Gasteiger partial charge >= 0.3 is 0 Å². The van der Waals surface area contributed by atoms with Crippen LogP contribution in [0, 0.1) is 0 Å². The molecule has 1 aromatic heterocycles. The van der Waals surface area contributed by atoms with Gasteiger partial charge in [-0.3, -0.25) is 0 Å². The van der Waals surface area contributed by atoms with Gasteiger partial charge in [-0.2, -0.15) is 0 Å². The van der Waals surface area contributed by atoms with E-state index in [2.05, 4.69) is 66.0 Å². The molecule has 1 atom stereocenters. The summed E-state index contributed by atoms with van der Waals surface area (Å²) in [5.74, 6) is 0. The fraction of sp³-hybridized carbons (Fsp3) is 0.375. The molecule has 0 bridgehead atoms. The molecule has 2 aromatic rings. The summed E-state index contributed by atoms with van der Waals surface area (Å²) >= 11 is 1.85. The Morgan fingerprint density at radius 3 is 2.63 bits per heavy atom. The molecule has 0 aliphatic rings. The zero-order chi connectivity index (χ0) is 13.5. The molecule has 0 aliphatic carbocycles. The highest BCUT2D eigenvalue weighted by atomic mass is 32.1. The van der Waals surface area contributed by atoms with Gasteiger partial charge in [0.2, 0.25) is 0 Å². The van der Waals surface area contributed by atoms with Gasteiger partial charge in [0.05, 0.1) is 0 Å². The molecule has 0 fully saturated rings. The topological polar surface area (TPSA) is 15.3 Å². The second kappa shape index (κ2) is 7.31. The lowest BCUT2D eigenvalue weighted by Crippen LogP contribution is -2.34. The molecule has 0 radical (unpaired) electrons. The fourth-order valence-electron chi connectivity index (χ4n) is 2.03. The van der Waals surface area contributed by atoms with Gasteiger partial charge in [0.1, 0.15) is 0 Å². The van der Waals surface area contributed by atoms with E-state index in [4.69, 9.17) is 0 Å². The summed E-state index contributed by atoms with van der Waals surface area (Å²) in [5.41, 5.74) is 1.20.